The molecule has 0 spiro atoms. The largest absolute Gasteiger partial charge is 0.268 e. The van der Waals surface area contributed by atoms with Crippen molar-refractivity contribution in [1.82, 2.24) is 9.78 Å². The van der Waals surface area contributed by atoms with Gasteiger partial charge in [-0.15, -0.1) is 0 Å². The van der Waals surface area contributed by atoms with E-state index in [1.165, 1.54) is 0 Å². The number of hydrogen-bond donors (Lipinski definition) is 0. The molecule has 1 fully saturated rings. The number of aryl methyl sites for hydroxylation is 2. The topological polar surface area (TPSA) is 55.2 Å². The molecule has 6 heteroatoms. The Morgan fingerprint density at radius 3 is 2.33 bits per heavy atom. The van der Waals surface area contributed by atoms with Crippen LogP contribution in [0.2, 0.25) is 0 Å². The van der Waals surface area contributed by atoms with Crippen LogP contribution in [-0.2, 0) is 16.6 Å². The molecule has 5 nitrogen and oxygen atoms in total. The van der Waals surface area contributed by atoms with Gasteiger partial charge in [0.15, 0.2) is 0 Å². The molecule has 0 radical (unpaired) electrons. The standard InChI is InChI=1S/C18H25N3O2S/c1-4-20-15(3)18(14(2)19-20)24(22,23)21(17-12-8-9-13-17)16-10-6-5-7-11-16/h5-7,10-11,17H,4,8-9,12-13H2,1-3H3. The van der Waals surface area contributed by atoms with Crippen LogP contribution in [0.1, 0.15) is 44.0 Å². The number of sulfonamides is 1. The third-order valence-electron chi connectivity index (χ3n) is 4.80. The molecule has 24 heavy (non-hydrogen) atoms. The molecule has 1 aromatic carbocycles. The van der Waals surface area contributed by atoms with E-state index in [4.69, 9.17) is 0 Å². The highest BCUT2D eigenvalue weighted by Gasteiger charge is 2.36. The fourth-order valence-electron chi connectivity index (χ4n) is 3.72. The van der Waals surface area contributed by atoms with E-state index >= 15 is 0 Å². The Hall–Kier alpha value is -1.82. The zero-order valence-electron chi connectivity index (χ0n) is 14.6. The number of rotatable bonds is 5. The van der Waals surface area contributed by atoms with E-state index in [-0.39, 0.29) is 6.04 Å². The minimum Gasteiger partial charge on any atom is -0.268 e. The molecule has 2 aromatic rings. The minimum atomic E-state index is -3.64. The van der Waals surface area contributed by atoms with Crippen LogP contribution in [0.4, 0.5) is 5.69 Å². The average molecular weight is 347 g/mol. The summed E-state index contributed by atoms with van der Waals surface area (Å²) in [6.07, 6.45) is 3.98. The summed E-state index contributed by atoms with van der Waals surface area (Å²) in [5.74, 6) is 0. The van der Waals surface area contributed by atoms with E-state index in [0.29, 0.717) is 22.8 Å². The maximum absolute atomic E-state index is 13.6. The fourth-order valence-corrected chi connectivity index (χ4v) is 5.81. The summed E-state index contributed by atoms with van der Waals surface area (Å²) in [5, 5.41) is 4.41. The predicted molar refractivity (Wildman–Crippen MR) is 95.7 cm³/mol. The Balaban J connectivity index is 2.15. The van der Waals surface area contributed by atoms with Crippen LogP contribution in [0.5, 0.6) is 0 Å². The summed E-state index contributed by atoms with van der Waals surface area (Å²) in [7, 11) is -3.64. The second-order valence-corrected chi connectivity index (χ2v) is 8.14. The third kappa shape index (κ3) is 2.83. The van der Waals surface area contributed by atoms with E-state index in [1.54, 1.807) is 15.9 Å². The summed E-state index contributed by atoms with van der Waals surface area (Å²) in [6.45, 7) is 6.26. The van der Waals surface area contributed by atoms with Crippen molar-refractivity contribution in [3.8, 4) is 0 Å². The first-order chi connectivity index (χ1) is 11.5. The van der Waals surface area contributed by atoms with Gasteiger partial charge >= 0.3 is 0 Å². The monoisotopic (exact) mass is 347 g/mol. The molecule has 1 aromatic heterocycles. The van der Waals surface area contributed by atoms with Gasteiger partial charge in [0, 0.05) is 12.6 Å². The maximum atomic E-state index is 13.6. The van der Waals surface area contributed by atoms with Gasteiger partial charge < -0.3 is 0 Å². The van der Waals surface area contributed by atoms with Crippen molar-refractivity contribution in [2.45, 2.75) is 63.9 Å². The summed E-state index contributed by atoms with van der Waals surface area (Å²) >= 11 is 0. The second-order valence-electron chi connectivity index (χ2n) is 6.39. The SMILES string of the molecule is CCn1nc(C)c(S(=O)(=O)N(c2ccccc2)C2CCCC2)c1C. The van der Waals surface area contributed by atoms with E-state index in [1.807, 2.05) is 44.2 Å². The Kier molecular flexibility index (Phi) is 4.67. The van der Waals surface area contributed by atoms with E-state index in [2.05, 4.69) is 5.10 Å². The van der Waals surface area contributed by atoms with Gasteiger partial charge in [-0.3, -0.25) is 8.99 Å². The Morgan fingerprint density at radius 2 is 1.79 bits per heavy atom. The number of hydrogen-bond acceptors (Lipinski definition) is 3. The van der Waals surface area contributed by atoms with E-state index in [9.17, 15) is 8.42 Å². The highest BCUT2D eigenvalue weighted by atomic mass is 32.2. The minimum absolute atomic E-state index is 0.0289. The maximum Gasteiger partial charge on any atom is 0.268 e. The van der Waals surface area contributed by atoms with Gasteiger partial charge in [0.05, 0.1) is 17.1 Å². The zero-order valence-corrected chi connectivity index (χ0v) is 15.4. The van der Waals surface area contributed by atoms with Gasteiger partial charge in [0.1, 0.15) is 4.90 Å². The number of benzene rings is 1. The van der Waals surface area contributed by atoms with Crippen LogP contribution >= 0.6 is 0 Å². The molecule has 3 rings (SSSR count). The molecule has 1 aliphatic carbocycles. The summed E-state index contributed by atoms with van der Waals surface area (Å²) in [4.78, 5) is 0.361. The molecule has 0 aliphatic heterocycles. The second kappa shape index (κ2) is 6.59. The Labute approximate surface area is 144 Å². The summed E-state index contributed by atoms with van der Waals surface area (Å²) in [6, 6.07) is 9.48. The highest BCUT2D eigenvalue weighted by Crippen LogP contribution is 2.35. The Morgan fingerprint density at radius 1 is 1.17 bits per heavy atom. The number of aromatic nitrogens is 2. The molecular weight excluding hydrogens is 322 g/mol. The molecule has 0 bridgehead atoms. The first kappa shape index (κ1) is 17.0. The predicted octanol–water partition coefficient (Wildman–Crippen LogP) is 3.66. The molecule has 1 heterocycles. The van der Waals surface area contributed by atoms with Gasteiger partial charge in [0.2, 0.25) is 0 Å². The number of nitrogens with zero attached hydrogens (tertiary/aromatic N) is 3. The molecule has 0 amide bonds. The molecule has 130 valence electrons. The zero-order chi connectivity index (χ0) is 17.3. The lowest BCUT2D eigenvalue weighted by molar-refractivity contribution is 0.572. The lowest BCUT2D eigenvalue weighted by Gasteiger charge is -2.30. The third-order valence-corrected chi connectivity index (χ3v) is 6.93. The summed E-state index contributed by atoms with van der Waals surface area (Å²) in [5.41, 5.74) is 2.04. The van der Waals surface area contributed by atoms with Crippen molar-refractivity contribution in [3.05, 3.63) is 41.7 Å². The van der Waals surface area contributed by atoms with Gasteiger partial charge in [-0.05, 0) is 45.7 Å². The van der Waals surface area contributed by atoms with Gasteiger partial charge in [-0.25, -0.2) is 8.42 Å². The fraction of sp³-hybridized carbons (Fsp3) is 0.500. The van der Waals surface area contributed by atoms with Gasteiger partial charge in [-0.2, -0.15) is 5.10 Å². The van der Waals surface area contributed by atoms with Crippen molar-refractivity contribution in [2.75, 3.05) is 4.31 Å². The first-order valence-electron chi connectivity index (χ1n) is 8.60. The van der Waals surface area contributed by atoms with Crippen LogP contribution in [0.15, 0.2) is 35.2 Å². The van der Waals surface area contributed by atoms with E-state index < -0.39 is 10.0 Å². The molecule has 0 N–H and O–H groups in total. The average Bonchev–Trinajstić information content (AvgIpc) is 3.16. The smallest absolute Gasteiger partial charge is 0.268 e. The van der Waals surface area contributed by atoms with Crippen LogP contribution in [0.3, 0.4) is 0 Å². The van der Waals surface area contributed by atoms with Crippen molar-refractivity contribution in [3.63, 3.8) is 0 Å². The molecule has 1 aliphatic rings. The summed E-state index contributed by atoms with van der Waals surface area (Å²) < 4.78 is 30.5. The normalized spacial score (nSPS) is 15.8. The lowest BCUT2D eigenvalue weighted by Crippen LogP contribution is -2.39. The van der Waals surface area contributed by atoms with Gasteiger partial charge in [0.25, 0.3) is 10.0 Å². The van der Waals surface area contributed by atoms with Crippen LogP contribution < -0.4 is 4.31 Å². The molecule has 0 saturated heterocycles. The van der Waals surface area contributed by atoms with Crippen molar-refractivity contribution >= 4 is 15.7 Å². The van der Waals surface area contributed by atoms with Crippen LogP contribution in [0.25, 0.3) is 0 Å². The van der Waals surface area contributed by atoms with Crippen molar-refractivity contribution in [1.29, 1.82) is 0 Å². The molecule has 1 saturated carbocycles. The highest BCUT2D eigenvalue weighted by molar-refractivity contribution is 7.93. The number of para-hydroxylation sites is 1. The van der Waals surface area contributed by atoms with Crippen LogP contribution in [0, 0.1) is 13.8 Å². The molecule has 0 unspecified atom stereocenters. The van der Waals surface area contributed by atoms with E-state index in [0.717, 1.165) is 31.4 Å². The lowest BCUT2D eigenvalue weighted by atomic mass is 10.2. The van der Waals surface area contributed by atoms with Crippen molar-refractivity contribution in [2.24, 2.45) is 0 Å². The molecular formula is C18H25N3O2S. The van der Waals surface area contributed by atoms with Crippen molar-refractivity contribution < 1.29 is 8.42 Å². The number of anilines is 1. The first-order valence-corrected chi connectivity index (χ1v) is 10.0. The molecule has 0 atom stereocenters. The quantitative estimate of drug-likeness (QED) is 0.829. The Bertz CT molecular complexity index is 806. The van der Waals surface area contributed by atoms with Crippen LogP contribution in [-0.4, -0.2) is 24.2 Å². The van der Waals surface area contributed by atoms with Gasteiger partial charge in [-0.1, -0.05) is 31.0 Å².